The molecule has 1 rings (SSSR count). The predicted octanol–water partition coefficient (Wildman–Crippen LogP) is 4.39. The molecule has 112 valence electrons. The van der Waals surface area contributed by atoms with Crippen LogP contribution < -0.4 is 5.32 Å². The van der Waals surface area contributed by atoms with E-state index in [0.717, 1.165) is 44.2 Å². The van der Waals surface area contributed by atoms with Gasteiger partial charge in [-0.05, 0) is 31.4 Å². The fourth-order valence-corrected chi connectivity index (χ4v) is 2.45. The van der Waals surface area contributed by atoms with E-state index >= 15 is 0 Å². The maximum absolute atomic E-state index is 12.3. The molecule has 3 nitrogen and oxygen atoms in total. The highest BCUT2D eigenvalue weighted by Crippen LogP contribution is 2.13. The second kappa shape index (κ2) is 8.96. The van der Waals surface area contributed by atoms with Crippen LogP contribution in [0.15, 0.2) is 12.1 Å². The molecule has 0 aromatic carbocycles. The number of rotatable bonds is 8. The Labute approximate surface area is 127 Å². The number of unbranched alkanes of at least 4 members (excludes halogenated alkanes) is 1. The lowest BCUT2D eigenvalue weighted by Crippen LogP contribution is -2.34. The quantitative estimate of drug-likeness (QED) is 0.723. The average Bonchev–Trinajstić information content (AvgIpc) is 2.44. The Kier molecular flexibility index (Phi) is 7.60. The van der Waals surface area contributed by atoms with Crippen LogP contribution in [0.3, 0.4) is 0 Å². The number of aromatic nitrogens is 1. The lowest BCUT2D eigenvalue weighted by molar-refractivity contribution is 0.0932. The van der Waals surface area contributed by atoms with Crippen LogP contribution in [0.2, 0.25) is 5.15 Å². The molecule has 0 radical (unpaired) electrons. The van der Waals surface area contributed by atoms with Crippen molar-refractivity contribution in [3.63, 3.8) is 0 Å². The zero-order valence-corrected chi connectivity index (χ0v) is 13.5. The molecule has 0 spiro atoms. The highest BCUT2D eigenvalue weighted by Gasteiger charge is 2.14. The molecule has 0 saturated carbocycles. The molecule has 0 saturated heterocycles. The molecular weight excluding hydrogens is 272 g/mol. The zero-order chi connectivity index (χ0) is 15.0. The van der Waals surface area contributed by atoms with Crippen LogP contribution in [0, 0.1) is 0 Å². The SMILES string of the molecule is CCCCC(CCC)NC(=O)c1cc(Cl)nc(CC)c1. The van der Waals surface area contributed by atoms with Crippen molar-refractivity contribution in [1.82, 2.24) is 10.3 Å². The second-order valence-corrected chi connectivity index (χ2v) is 5.51. The number of amides is 1. The van der Waals surface area contributed by atoms with Crippen LogP contribution in [-0.4, -0.2) is 16.9 Å². The first-order valence-electron chi connectivity index (χ1n) is 7.58. The molecule has 1 N–H and O–H groups in total. The topological polar surface area (TPSA) is 42.0 Å². The van der Waals surface area contributed by atoms with Gasteiger partial charge in [0.05, 0.1) is 0 Å². The van der Waals surface area contributed by atoms with Crippen molar-refractivity contribution in [2.24, 2.45) is 0 Å². The van der Waals surface area contributed by atoms with Crippen LogP contribution >= 0.6 is 11.6 Å². The van der Waals surface area contributed by atoms with Crippen molar-refractivity contribution in [3.8, 4) is 0 Å². The van der Waals surface area contributed by atoms with Gasteiger partial charge < -0.3 is 5.32 Å². The normalized spacial score (nSPS) is 12.2. The summed E-state index contributed by atoms with van der Waals surface area (Å²) < 4.78 is 0. The molecular formula is C16H25ClN2O. The highest BCUT2D eigenvalue weighted by atomic mass is 35.5. The van der Waals surface area contributed by atoms with E-state index in [9.17, 15) is 4.79 Å². The first-order valence-corrected chi connectivity index (χ1v) is 7.95. The van der Waals surface area contributed by atoms with Crippen molar-refractivity contribution >= 4 is 17.5 Å². The summed E-state index contributed by atoms with van der Waals surface area (Å²) in [5.74, 6) is -0.0430. The van der Waals surface area contributed by atoms with Crippen LogP contribution in [0.1, 0.15) is 68.9 Å². The van der Waals surface area contributed by atoms with Gasteiger partial charge >= 0.3 is 0 Å². The molecule has 0 aliphatic rings. The third-order valence-electron chi connectivity index (χ3n) is 3.35. The lowest BCUT2D eigenvalue weighted by Gasteiger charge is -2.18. The summed E-state index contributed by atoms with van der Waals surface area (Å²) in [7, 11) is 0. The number of nitrogens with one attached hydrogen (secondary N) is 1. The molecule has 1 atom stereocenters. The zero-order valence-electron chi connectivity index (χ0n) is 12.7. The lowest BCUT2D eigenvalue weighted by atomic mass is 10.0. The molecule has 1 amide bonds. The number of aryl methyl sites for hydroxylation is 1. The number of halogens is 1. The third-order valence-corrected chi connectivity index (χ3v) is 3.54. The van der Waals surface area contributed by atoms with Crippen LogP contribution in [0.5, 0.6) is 0 Å². The minimum Gasteiger partial charge on any atom is -0.349 e. The summed E-state index contributed by atoms with van der Waals surface area (Å²) in [6.07, 6.45) is 6.20. The Balaban J connectivity index is 2.74. The largest absolute Gasteiger partial charge is 0.349 e. The van der Waals surface area contributed by atoms with Gasteiger partial charge in [-0.1, -0.05) is 51.6 Å². The summed E-state index contributed by atoms with van der Waals surface area (Å²) >= 11 is 5.96. The molecule has 0 aliphatic heterocycles. The van der Waals surface area contributed by atoms with Crippen LogP contribution in [0.4, 0.5) is 0 Å². The van der Waals surface area contributed by atoms with E-state index in [1.165, 1.54) is 0 Å². The maximum atomic E-state index is 12.3. The van der Waals surface area contributed by atoms with Gasteiger partial charge in [0.15, 0.2) is 0 Å². The van der Waals surface area contributed by atoms with Crippen molar-refractivity contribution in [2.45, 2.75) is 65.3 Å². The van der Waals surface area contributed by atoms with Crippen molar-refractivity contribution in [1.29, 1.82) is 0 Å². The molecule has 1 heterocycles. The fourth-order valence-electron chi connectivity index (χ4n) is 2.22. The number of carbonyl (C=O) groups is 1. The first-order chi connectivity index (χ1) is 9.60. The number of hydrogen-bond acceptors (Lipinski definition) is 2. The molecule has 1 unspecified atom stereocenters. The van der Waals surface area contributed by atoms with Gasteiger partial charge in [-0.25, -0.2) is 4.98 Å². The average molecular weight is 297 g/mol. The summed E-state index contributed by atoms with van der Waals surface area (Å²) in [6, 6.07) is 3.72. The third kappa shape index (κ3) is 5.49. The summed E-state index contributed by atoms with van der Waals surface area (Å²) in [6.45, 7) is 6.31. The molecule has 1 aromatic rings. The first kappa shape index (κ1) is 17.0. The van der Waals surface area contributed by atoms with E-state index in [2.05, 4.69) is 24.1 Å². The van der Waals surface area contributed by atoms with Gasteiger partial charge in [0.25, 0.3) is 5.91 Å². The Morgan fingerprint density at radius 3 is 2.60 bits per heavy atom. The summed E-state index contributed by atoms with van der Waals surface area (Å²) in [4.78, 5) is 16.5. The number of pyridine rings is 1. The summed E-state index contributed by atoms with van der Waals surface area (Å²) in [5, 5.41) is 3.51. The van der Waals surface area contributed by atoms with Gasteiger partial charge in [-0.2, -0.15) is 0 Å². The van der Waals surface area contributed by atoms with Gasteiger partial charge in [-0.15, -0.1) is 0 Å². The van der Waals surface area contributed by atoms with Gasteiger partial charge in [0.1, 0.15) is 5.15 Å². The van der Waals surface area contributed by atoms with Crippen LogP contribution in [0.25, 0.3) is 0 Å². The van der Waals surface area contributed by atoms with E-state index in [4.69, 9.17) is 11.6 Å². The molecule has 4 heteroatoms. The second-order valence-electron chi connectivity index (χ2n) is 5.12. The Morgan fingerprint density at radius 1 is 1.25 bits per heavy atom. The van der Waals surface area contributed by atoms with E-state index in [1.807, 2.05) is 13.0 Å². The Bertz CT molecular complexity index is 434. The Hall–Kier alpha value is -1.09. The van der Waals surface area contributed by atoms with Crippen molar-refractivity contribution in [3.05, 3.63) is 28.5 Å². The van der Waals surface area contributed by atoms with E-state index in [1.54, 1.807) is 6.07 Å². The Morgan fingerprint density at radius 2 is 2.00 bits per heavy atom. The van der Waals surface area contributed by atoms with E-state index < -0.39 is 0 Å². The molecule has 0 fully saturated rings. The predicted molar refractivity (Wildman–Crippen MR) is 84.3 cm³/mol. The molecule has 20 heavy (non-hydrogen) atoms. The molecule has 0 bridgehead atoms. The van der Waals surface area contributed by atoms with Gasteiger partial charge in [0.2, 0.25) is 0 Å². The molecule has 1 aromatic heterocycles. The smallest absolute Gasteiger partial charge is 0.251 e. The fraction of sp³-hybridized carbons (Fsp3) is 0.625. The minimum absolute atomic E-state index is 0.0430. The highest BCUT2D eigenvalue weighted by molar-refractivity contribution is 6.29. The number of nitrogens with zero attached hydrogens (tertiary/aromatic N) is 1. The monoisotopic (exact) mass is 296 g/mol. The van der Waals surface area contributed by atoms with Crippen molar-refractivity contribution < 1.29 is 4.79 Å². The summed E-state index contributed by atoms with van der Waals surface area (Å²) in [5.41, 5.74) is 1.46. The van der Waals surface area contributed by atoms with Gasteiger partial charge in [0, 0.05) is 17.3 Å². The molecule has 0 aliphatic carbocycles. The van der Waals surface area contributed by atoms with Gasteiger partial charge in [-0.3, -0.25) is 4.79 Å². The maximum Gasteiger partial charge on any atom is 0.251 e. The van der Waals surface area contributed by atoms with E-state index in [0.29, 0.717) is 10.7 Å². The number of hydrogen-bond donors (Lipinski definition) is 1. The number of carbonyl (C=O) groups excluding carboxylic acids is 1. The standard InChI is InChI=1S/C16H25ClN2O/c1-4-7-9-14(8-5-2)19-16(20)12-10-13(6-3)18-15(17)11-12/h10-11,14H,4-9H2,1-3H3,(H,19,20). The van der Waals surface area contributed by atoms with Crippen molar-refractivity contribution in [2.75, 3.05) is 0 Å². The van der Waals surface area contributed by atoms with E-state index in [-0.39, 0.29) is 11.9 Å². The van der Waals surface area contributed by atoms with Crippen LogP contribution in [-0.2, 0) is 6.42 Å². The minimum atomic E-state index is -0.0430.